The Morgan fingerprint density at radius 2 is 2.27 bits per heavy atom. The third-order valence-corrected chi connectivity index (χ3v) is 2.19. The third-order valence-electron chi connectivity index (χ3n) is 2.19. The number of hydrogen-bond acceptors (Lipinski definition) is 1. The lowest BCUT2D eigenvalue weighted by Crippen LogP contribution is -2.15. The lowest BCUT2D eigenvalue weighted by atomic mass is 10.1. The predicted molar refractivity (Wildman–Crippen MR) is 60.9 cm³/mol. The highest BCUT2D eigenvalue weighted by molar-refractivity contribution is 5.23. The van der Waals surface area contributed by atoms with Crippen LogP contribution in [-0.4, -0.2) is 6.54 Å². The van der Waals surface area contributed by atoms with Gasteiger partial charge in [-0.05, 0) is 26.0 Å². The summed E-state index contributed by atoms with van der Waals surface area (Å²) in [4.78, 5) is 0. The molecule has 0 aliphatic carbocycles. The van der Waals surface area contributed by atoms with E-state index in [0.29, 0.717) is 6.54 Å². The van der Waals surface area contributed by atoms with Crippen molar-refractivity contribution in [2.24, 2.45) is 0 Å². The maximum absolute atomic E-state index is 13.3. The van der Waals surface area contributed by atoms with Crippen LogP contribution in [-0.2, 0) is 6.54 Å². The van der Waals surface area contributed by atoms with Gasteiger partial charge in [0.2, 0.25) is 0 Å². The van der Waals surface area contributed by atoms with E-state index in [1.54, 1.807) is 6.07 Å². The molecule has 0 aromatic heterocycles. The summed E-state index contributed by atoms with van der Waals surface area (Å²) in [5, 5.41) is 3.17. The summed E-state index contributed by atoms with van der Waals surface area (Å²) in [7, 11) is 0. The maximum atomic E-state index is 13.3. The average Bonchev–Trinajstić information content (AvgIpc) is 2.23. The zero-order chi connectivity index (χ0) is 11.1. The van der Waals surface area contributed by atoms with Crippen LogP contribution in [0.4, 0.5) is 4.39 Å². The van der Waals surface area contributed by atoms with Gasteiger partial charge in [0.15, 0.2) is 0 Å². The van der Waals surface area contributed by atoms with Crippen LogP contribution in [0.25, 0.3) is 0 Å². The molecule has 80 valence electrons. The smallest absolute Gasteiger partial charge is 0.127 e. The molecule has 1 N–H and O–H groups in total. The molecule has 0 radical (unpaired) electrons. The monoisotopic (exact) mass is 205 g/mol. The number of nitrogens with one attached hydrogen (secondary N) is 1. The topological polar surface area (TPSA) is 12.0 Å². The Hall–Kier alpha value is -1.33. The molecule has 0 amide bonds. The van der Waals surface area contributed by atoms with Crippen molar-refractivity contribution in [3.63, 3.8) is 0 Å². The van der Waals surface area contributed by atoms with Crippen molar-refractivity contribution in [2.45, 2.75) is 26.3 Å². The summed E-state index contributed by atoms with van der Waals surface area (Å²) in [5.41, 5.74) is 1.80. The molecule has 0 unspecified atom stereocenters. The molecule has 1 aromatic carbocycles. The van der Waals surface area contributed by atoms with Gasteiger partial charge in [0, 0.05) is 18.5 Å². The van der Waals surface area contributed by atoms with Gasteiger partial charge in [0.1, 0.15) is 5.82 Å². The standard InChI is InChI=1S/C13H16FN/c1-3-4-5-8-15-10-12-9-11(2)6-7-13(12)14/h1,6-7,9,15H,4-5,8,10H2,2H3. The first-order valence-electron chi connectivity index (χ1n) is 5.13. The van der Waals surface area contributed by atoms with Gasteiger partial charge in [0.05, 0.1) is 0 Å². The highest BCUT2D eigenvalue weighted by Gasteiger charge is 2.00. The molecule has 2 heteroatoms. The number of halogens is 1. The molecule has 0 saturated heterocycles. The van der Waals surface area contributed by atoms with Crippen LogP contribution < -0.4 is 5.32 Å². The van der Waals surface area contributed by atoms with Crippen LogP contribution in [0, 0.1) is 25.1 Å². The van der Waals surface area contributed by atoms with Crippen LogP contribution >= 0.6 is 0 Å². The minimum Gasteiger partial charge on any atom is -0.313 e. The summed E-state index contributed by atoms with van der Waals surface area (Å²) in [6, 6.07) is 5.15. The zero-order valence-electron chi connectivity index (χ0n) is 9.02. The van der Waals surface area contributed by atoms with Crippen molar-refractivity contribution in [3.05, 3.63) is 35.1 Å². The second-order valence-corrected chi connectivity index (χ2v) is 3.58. The minimum absolute atomic E-state index is 0.148. The molecular weight excluding hydrogens is 189 g/mol. The van der Waals surface area contributed by atoms with E-state index < -0.39 is 0 Å². The van der Waals surface area contributed by atoms with E-state index in [9.17, 15) is 4.39 Å². The summed E-state index contributed by atoms with van der Waals surface area (Å²) >= 11 is 0. The molecule has 1 nitrogen and oxygen atoms in total. The second-order valence-electron chi connectivity index (χ2n) is 3.58. The largest absolute Gasteiger partial charge is 0.313 e. The Bertz CT molecular complexity index is 352. The highest BCUT2D eigenvalue weighted by Crippen LogP contribution is 2.09. The average molecular weight is 205 g/mol. The summed E-state index contributed by atoms with van der Waals surface area (Å²) in [6.07, 6.45) is 6.83. The Kier molecular flexibility index (Phi) is 4.86. The van der Waals surface area contributed by atoms with Crippen LogP contribution in [0.2, 0.25) is 0 Å². The van der Waals surface area contributed by atoms with E-state index in [0.717, 1.165) is 30.5 Å². The molecule has 0 aliphatic rings. The van der Waals surface area contributed by atoms with E-state index in [-0.39, 0.29) is 5.82 Å². The molecule has 1 rings (SSSR count). The van der Waals surface area contributed by atoms with Crippen LogP contribution in [0.1, 0.15) is 24.0 Å². The zero-order valence-corrected chi connectivity index (χ0v) is 9.02. The number of rotatable bonds is 5. The molecule has 0 bridgehead atoms. The molecule has 0 fully saturated rings. The maximum Gasteiger partial charge on any atom is 0.127 e. The molecule has 0 saturated carbocycles. The predicted octanol–water partition coefficient (Wildman–Crippen LogP) is 2.64. The van der Waals surface area contributed by atoms with Gasteiger partial charge in [-0.2, -0.15) is 0 Å². The first-order chi connectivity index (χ1) is 7.24. The first kappa shape index (κ1) is 11.7. The number of benzene rings is 1. The Balaban J connectivity index is 2.37. The molecule has 0 atom stereocenters. The fraction of sp³-hybridized carbons (Fsp3) is 0.385. The summed E-state index contributed by atoms with van der Waals surface area (Å²) < 4.78 is 13.3. The van der Waals surface area contributed by atoms with E-state index in [2.05, 4.69) is 11.2 Å². The van der Waals surface area contributed by atoms with E-state index in [1.165, 1.54) is 6.07 Å². The minimum atomic E-state index is -0.148. The van der Waals surface area contributed by atoms with Crippen molar-refractivity contribution in [3.8, 4) is 12.3 Å². The molecular formula is C13H16FN. The molecule has 0 aliphatic heterocycles. The van der Waals surface area contributed by atoms with Gasteiger partial charge in [-0.25, -0.2) is 4.39 Å². The van der Waals surface area contributed by atoms with Gasteiger partial charge in [0.25, 0.3) is 0 Å². The van der Waals surface area contributed by atoms with Crippen LogP contribution in [0.15, 0.2) is 18.2 Å². The van der Waals surface area contributed by atoms with Crippen molar-refractivity contribution in [2.75, 3.05) is 6.54 Å². The Morgan fingerprint density at radius 3 is 3.00 bits per heavy atom. The molecule has 15 heavy (non-hydrogen) atoms. The van der Waals surface area contributed by atoms with Crippen LogP contribution in [0.3, 0.4) is 0 Å². The second kappa shape index (κ2) is 6.21. The fourth-order valence-electron chi connectivity index (χ4n) is 1.38. The first-order valence-corrected chi connectivity index (χ1v) is 5.13. The lowest BCUT2D eigenvalue weighted by molar-refractivity contribution is 0.583. The van der Waals surface area contributed by atoms with Crippen molar-refractivity contribution in [1.29, 1.82) is 0 Å². The Morgan fingerprint density at radius 1 is 1.47 bits per heavy atom. The third kappa shape index (κ3) is 4.14. The van der Waals surface area contributed by atoms with Gasteiger partial charge < -0.3 is 5.32 Å². The number of aryl methyl sites for hydroxylation is 1. The van der Waals surface area contributed by atoms with Crippen molar-refractivity contribution < 1.29 is 4.39 Å². The number of hydrogen-bond donors (Lipinski definition) is 1. The summed E-state index contributed by atoms with van der Waals surface area (Å²) in [5.74, 6) is 2.42. The SMILES string of the molecule is C#CCCCNCc1cc(C)ccc1F. The van der Waals surface area contributed by atoms with Gasteiger partial charge in [-0.15, -0.1) is 12.3 Å². The molecule has 0 spiro atoms. The van der Waals surface area contributed by atoms with Gasteiger partial charge in [-0.1, -0.05) is 17.7 Å². The van der Waals surface area contributed by atoms with Crippen LogP contribution in [0.5, 0.6) is 0 Å². The molecule has 0 heterocycles. The quantitative estimate of drug-likeness (QED) is 0.575. The molecule has 1 aromatic rings. The number of unbranched alkanes of at least 4 members (excludes halogenated alkanes) is 1. The van der Waals surface area contributed by atoms with E-state index in [1.807, 2.05) is 13.0 Å². The fourth-order valence-corrected chi connectivity index (χ4v) is 1.38. The lowest BCUT2D eigenvalue weighted by Gasteiger charge is -2.06. The normalized spacial score (nSPS) is 9.93. The number of terminal acetylenes is 1. The van der Waals surface area contributed by atoms with Crippen molar-refractivity contribution in [1.82, 2.24) is 5.32 Å². The highest BCUT2D eigenvalue weighted by atomic mass is 19.1. The van der Waals surface area contributed by atoms with Gasteiger partial charge in [-0.3, -0.25) is 0 Å². The van der Waals surface area contributed by atoms with E-state index >= 15 is 0 Å². The Labute approximate surface area is 90.7 Å². The summed E-state index contributed by atoms with van der Waals surface area (Å²) in [6.45, 7) is 3.36. The van der Waals surface area contributed by atoms with E-state index in [4.69, 9.17) is 6.42 Å². The van der Waals surface area contributed by atoms with Gasteiger partial charge >= 0.3 is 0 Å². The van der Waals surface area contributed by atoms with Crippen molar-refractivity contribution >= 4 is 0 Å².